The number of nitrogens with zero attached hydrogens (tertiary/aromatic N) is 2. The number of rotatable bonds is 3. The molecule has 0 N–H and O–H groups in total. The van der Waals surface area contributed by atoms with Crippen LogP contribution in [0.5, 0.6) is 0 Å². The molecule has 0 bridgehead atoms. The lowest BCUT2D eigenvalue weighted by Crippen LogP contribution is -2.11. The van der Waals surface area contributed by atoms with Gasteiger partial charge in [0.15, 0.2) is 0 Å². The van der Waals surface area contributed by atoms with Gasteiger partial charge in [-0.25, -0.2) is 0 Å². The van der Waals surface area contributed by atoms with Gasteiger partial charge in [-0.2, -0.15) is 0 Å². The van der Waals surface area contributed by atoms with Crippen molar-refractivity contribution in [3.05, 3.63) is 80.7 Å². The number of aryl methyl sites for hydroxylation is 1. The van der Waals surface area contributed by atoms with Crippen LogP contribution in [-0.4, -0.2) is 10.8 Å². The molecule has 3 heteroatoms. The van der Waals surface area contributed by atoms with E-state index in [0.29, 0.717) is 0 Å². The molecular weight excluding hydrogens is 431 g/mol. The molecule has 3 rings (SSSR count). The van der Waals surface area contributed by atoms with Crippen LogP contribution in [0.4, 0.5) is 5.69 Å². The van der Waals surface area contributed by atoms with Crippen LogP contribution in [0.3, 0.4) is 0 Å². The van der Waals surface area contributed by atoms with Crippen LogP contribution >= 0.6 is 22.6 Å². The summed E-state index contributed by atoms with van der Waals surface area (Å²) in [6.45, 7) is 11.0. The van der Waals surface area contributed by atoms with E-state index in [-0.39, 0.29) is 5.41 Å². The number of halogens is 1. The molecule has 0 atom stereocenters. The molecule has 0 saturated heterocycles. The zero-order valence-corrected chi connectivity index (χ0v) is 18.2. The lowest BCUT2D eigenvalue weighted by atomic mass is 9.87. The van der Waals surface area contributed by atoms with Crippen molar-refractivity contribution >= 4 is 34.5 Å². The van der Waals surface area contributed by atoms with Gasteiger partial charge in [0.1, 0.15) is 0 Å². The third-order valence-corrected chi connectivity index (χ3v) is 5.36. The third-order valence-electron chi connectivity index (χ3n) is 4.64. The van der Waals surface area contributed by atoms with Gasteiger partial charge in [-0.15, -0.1) is 0 Å². The Morgan fingerprint density at radius 1 is 0.923 bits per heavy atom. The Morgan fingerprint density at radius 3 is 2.12 bits per heavy atom. The van der Waals surface area contributed by atoms with Crippen molar-refractivity contribution in [2.24, 2.45) is 4.99 Å². The van der Waals surface area contributed by atoms with E-state index >= 15 is 0 Å². The Bertz CT molecular complexity index is 924. The molecule has 0 aliphatic rings. The molecule has 3 aromatic rings. The van der Waals surface area contributed by atoms with Crippen LogP contribution in [-0.2, 0) is 5.41 Å². The summed E-state index contributed by atoms with van der Waals surface area (Å²) >= 11 is 2.31. The lowest BCUT2D eigenvalue weighted by Gasteiger charge is -2.20. The molecule has 0 aliphatic carbocycles. The highest BCUT2D eigenvalue weighted by Crippen LogP contribution is 2.25. The second-order valence-electron chi connectivity index (χ2n) is 7.69. The minimum Gasteiger partial charge on any atom is -0.318 e. The highest BCUT2D eigenvalue weighted by atomic mass is 127. The summed E-state index contributed by atoms with van der Waals surface area (Å²) in [4.78, 5) is 4.63. The molecule has 0 spiro atoms. The van der Waals surface area contributed by atoms with E-state index in [4.69, 9.17) is 0 Å². The average molecular weight is 456 g/mol. The Hall–Kier alpha value is -1.88. The van der Waals surface area contributed by atoms with Gasteiger partial charge in [0.2, 0.25) is 0 Å². The first-order valence-electron chi connectivity index (χ1n) is 8.85. The molecule has 1 aromatic heterocycles. The first-order chi connectivity index (χ1) is 12.3. The summed E-state index contributed by atoms with van der Waals surface area (Å²) in [5.41, 5.74) is 7.28. The summed E-state index contributed by atoms with van der Waals surface area (Å²) in [5, 5.41) is 0. The number of aromatic nitrogens is 1. The van der Waals surface area contributed by atoms with Gasteiger partial charge >= 0.3 is 0 Å². The molecule has 0 radical (unpaired) electrons. The van der Waals surface area contributed by atoms with E-state index in [1.54, 1.807) is 0 Å². The maximum absolute atomic E-state index is 4.63. The van der Waals surface area contributed by atoms with Crippen molar-refractivity contribution in [2.45, 2.75) is 40.0 Å². The van der Waals surface area contributed by atoms with Crippen LogP contribution in [0.25, 0.3) is 5.69 Å². The van der Waals surface area contributed by atoms with Crippen LogP contribution in [0.1, 0.15) is 43.3 Å². The van der Waals surface area contributed by atoms with Crippen molar-refractivity contribution < 1.29 is 0 Å². The maximum Gasteiger partial charge on any atom is 0.0630 e. The first kappa shape index (κ1) is 18.9. The van der Waals surface area contributed by atoms with Crippen LogP contribution in [0.2, 0.25) is 0 Å². The van der Waals surface area contributed by atoms with Crippen molar-refractivity contribution in [1.82, 2.24) is 4.57 Å². The second kappa shape index (κ2) is 7.39. The largest absolute Gasteiger partial charge is 0.318 e. The van der Waals surface area contributed by atoms with E-state index < -0.39 is 0 Å². The first-order valence-corrected chi connectivity index (χ1v) is 9.93. The molecule has 2 nitrogen and oxygen atoms in total. The Balaban J connectivity index is 1.92. The Labute approximate surface area is 170 Å². The van der Waals surface area contributed by atoms with Gasteiger partial charge < -0.3 is 4.57 Å². The summed E-state index contributed by atoms with van der Waals surface area (Å²) in [6, 6.07) is 19.3. The quantitative estimate of drug-likeness (QED) is 0.307. The van der Waals surface area contributed by atoms with Crippen molar-refractivity contribution in [3.8, 4) is 5.69 Å². The molecule has 0 saturated carbocycles. The molecule has 134 valence electrons. The smallest absolute Gasteiger partial charge is 0.0630 e. The molecule has 1 heterocycles. The molecule has 26 heavy (non-hydrogen) atoms. The monoisotopic (exact) mass is 456 g/mol. The average Bonchev–Trinajstić information content (AvgIpc) is 2.87. The highest BCUT2D eigenvalue weighted by Gasteiger charge is 2.14. The van der Waals surface area contributed by atoms with Crippen molar-refractivity contribution in [1.29, 1.82) is 0 Å². The maximum atomic E-state index is 4.63. The molecule has 0 fully saturated rings. The second-order valence-corrected chi connectivity index (χ2v) is 8.94. The summed E-state index contributed by atoms with van der Waals surface area (Å²) in [5.74, 6) is 0. The number of hydrogen-bond donors (Lipinski definition) is 0. The van der Waals surface area contributed by atoms with Gasteiger partial charge in [-0.1, -0.05) is 32.9 Å². The predicted octanol–water partition coefficient (Wildman–Crippen LogP) is 6.75. The molecule has 0 unspecified atom stereocenters. The fourth-order valence-electron chi connectivity index (χ4n) is 3.10. The Morgan fingerprint density at radius 2 is 1.54 bits per heavy atom. The van der Waals surface area contributed by atoms with Gasteiger partial charge in [0, 0.05) is 32.4 Å². The van der Waals surface area contributed by atoms with Crippen LogP contribution in [0, 0.1) is 17.4 Å². The standard InChI is InChI=1S/C23H25IN2/c1-16-14-18(15-25-21-10-8-20(24)9-11-21)17(2)26(16)22-12-6-19(7-13-22)23(3,4)5/h6-15H,1-5H3. The molecule has 0 aliphatic heterocycles. The minimum absolute atomic E-state index is 0.171. The van der Waals surface area contributed by atoms with Crippen LogP contribution < -0.4 is 0 Å². The topological polar surface area (TPSA) is 17.3 Å². The zero-order chi connectivity index (χ0) is 18.9. The van der Waals surface area contributed by atoms with Crippen LogP contribution in [0.15, 0.2) is 59.6 Å². The summed E-state index contributed by atoms with van der Waals surface area (Å²) < 4.78 is 3.51. The van der Waals surface area contributed by atoms with Gasteiger partial charge in [-0.05, 0) is 89.9 Å². The molecule has 2 aromatic carbocycles. The van der Waals surface area contributed by atoms with E-state index in [9.17, 15) is 0 Å². The molecular formula is C23H25IN2. The zero-order valence-electron chi connectivity index (χ0n) is 16.0. The Kier molecular flexibility index (Phi) is 5.37. The fourth-order valence-corrected chi connectivity index (χ4v) is 3.46. The van der Waals surface area contributed by atoms with E-state index in [2.05, 4.69) is 109 Å². The van der Waals surface area contributed by atoms with E-state index in [1.165, 1.54) is 26.2 Å². The summed E-state index contributed by atoms with van der Waals surface area (Å²) in [7, 11) is 0. The van der Waals surface area contributed by atoms with E-state index in [0.717, 1.165) is 11.3 Å². The number of aliphatic imine (C=N–C) groups is 1. The van der Waals surface area contributed by atoms with Gasteiger partial charge in [0.05, 0.1) is 5.69 Å². The fraction of sp³-hybridized carbons (Fsp3) is 0.261. The molecule has 0 amide bonds. The lowest BCUT2D eigenvalue weighted by molar-refractivity contribution is 0.590. The summed E-state index contributed by atoms with van der Waals surface area (Å²) in [6.07, 6.45) is 1.96. The predicted molar refractivity (Wildman–Crippen MR) is 120 cm³/mol. The van der Waals surface area contributed by atoms with E-state index in [1.807, 2.05) is 18.3 Å². The SMILES string of the molecule is Cc1cc(C=Nc2ccc(I)cc2)c(C)n1-c1ccc(C(C)(C)C)cc1. The van der Waals surface area contributed by atoms with Gasteiger partial charge in [0.25, 0.3) is 0 Å². The van der Waals surface area contributed by atoms with Crippen molar-refractivity contribution in [3.63, 3.8) is 0 Å². The van der Waals surface area contributed by atoms with Gasteiger partial charge in [-0.3, -0.25) is 4.99 Å². The third kappa shape index (κ3) is 4.09. The van der Waals surface area contributed by atoms with Crippen molar-refractivity contribution in [2.75, 3.05) is 0 Å². The minimum atomic E-state index is 0.171. The number of hydrogen-bond acceptors (Lipinski definition) is 1. The number of benzene rings is 2. The highest BCUT2D eigenvalue weighted by molar-refractivity contribution is 14.1. The normalized spacial score (nSPS) is 12.1.